The number of hydrogen-bond donors (Lipinski definition) is 2. The Morgan fingerprint density at radius 2 is 1.95 bits per heavy atom. The average molecular weight is 307 g/mol. The molecule has 0 bridgehead atoms. The highest BCUT2D eigenvalue weighted by Gasteiger charge is 2.15. The lowest BCUT2D eigenvalue weighted by Gasteiger charge is -2.11. The zero-order valence-electron chi connectivity index (χ0n) is 11.6. The van der Waals surface area contributed by atoms with Crippen molar-refractivity contribution < 1.29 is 13.2 Å². The molecule has 0 unspecified atom stereocenters. The molecule has 0 saturated heterocycles. The molecule has 0 atom stereocenters. The second kappa shape index (κ2) is 6.66. The van der Waals surface area contributed by atoms with Gasteiger partial charge in [-0.05, 0) is 35.9 Å². The van der Waals surface area contributed by atoms with Crippen LogP contribution in [0.15, 0.2) is 47.6 Å². The first-order valence-corrected chi connectivity index (χ1v) is 7.80. The lowest BCUT2D eigenvalue weighted by molar-refractivity contribution is 0.409. The SMILES string of the molecule is COc1ccc(S(=O)(=O)NCc2ccncc2)cc1CN. The maximum absolute atomic E-state index is 12.3. The molecular weight excluding hydrogens is 290 g/mol. The van der Waals surface area contributed by atoms with Crippen molar-refractivity contribution in [1.82, 2.24) is 9.71 Å². The van der Waals surface area contributed by atoms with Gasteiger partial charge in [-0.15, -0.1) is 0 Å². The second-order valence-corrected chi connectivity index (χ2v) is 6.12. The van der Waals surface area contributed by atoms with Gasteiger partial charge in [0.2, 0.25) is 10.0 Å². The minimum Gasteiger partial charge on any atom is -0.496 e. The van der Waals surface area contributed by atoms with E-state index < -0.39 is 10.0 Å². The summed E-state index contributed by atoms with van der Waals surface area (Å²) in [5.41, 5.74) is 7.08. The predicted molar refractivity (Wildman–Crippen MR) is 79.1 cm³/mol. The van der Waals surface area contributed by atoms with E-state index in [1.807, 2.05) is 0 Å². The molecule has 0 aliphatic carbocycles. The number of pyridine rings is 1. The number of nitrogens with zero attached hydrogens (tertiary/aromatic N) is 1. The van der Waals surface area contributed by atoms with E-state index in [2.05, 4.69) is 9.71 Å². The van der Waals surface area contributed by atoms with Crippen LogP contribution in [0.25, 0.3) is 0 Å². The van der Waals surface area contributed by atoms with Gasteiger partial charge in [-0.2, -0.15) is 0 Å². The van der Waals surface area contributed by atoms with Crippen LogP contribution in [0.1, 0.15) is 11.1 Å². The van der Waals surface area contributed by atoms with Gasteiger partial charge in [0.15, 0.2) is 0 Å². The Hall–Kier alpha value is -1.96. The van der Waals surface area contributed by atoms with E-state index in [1.165, 1.54) is 19.2 Å². The summed E-state index contributed by atoms with van der Waals surface area (Å²) in [6.07, 6.45) is 3.23. The predicted octanol–water partition coefficient (Wildman–Crippen LogP) is 1.03. The number of ether oxygens (including phenoxy) is 1. The molecule has 0 amide bonds. The van der Waals surface area contributed by atoms with E-state index in [0.29, 0.717) is 11.3 Å². The fourth-order valence-corrected chi connectivity index (χ4v) is 2.91. The number of methoxy groups -OCH3 is 1. The van der Waals surface area contributed by atoms with Crippen molar-refractivity contribution in [2.75, 3.05) is 7.11 Å². The highest BCUT2D eigenvalue weighted by atomic mass is 32.2. The molecule has 21 heavy (non-hydrogen) atoms. The smallest absolute Gasteiger partial charge is 0.240 e. The van der Waals surface area contributed by atoms with Gasteiger partial charge in [-0.25, -0.2) is 13.1 Å². The van der Waals surface area contributed by atoms with Gasteiger partial charge in [0.25, 0.3) is 0 Å². The van der Waals surface area contributed by atoms with Crippen molar-refractivity contribution >= 4 is 10.0 Å². The summed E-state index contributed by atoms with van der Waals surface area (Å²) in [4.78, 5) is 4.05. The van der Waals surface area contributed by atoms with Crippen molar-refractivity contribution in [3.8, 4) is 5.75 Å². The molecule has 0 saturated carbocycles. The van der Waals surface area contributed by atoms with E-state index in [4.69, 9.17) is 10.5 Å². The van der Waals surface area contributed by atoms with E-state index in [-0.39, 0.29) is 18.0 Å². The summed E-state index contributed by atoms with van der Waals surface area (Å²) in [6.45, 7) is 0.408. The largest absolute Gasteiger partial charge is 0.496 e. The molecule has 6 nitrogen and oxygen atoms in total. The van der Waals surface area contributed by atoms with Crippen LogP contribution in [0.4, 0.5) is 0 Å². The average Bonchev–Trinajstić information content (AvgIpc) is 2.53. The van der Waals surface area contributed by atoms with Gasteiger partial charge in [-0.1, -0.05) is 0 Å². The molecule has 3 N–H and O–H groups in total. The third-order valence-corrected chi connectivity index (χ3v) is 4.40. The van der Waals surface area contributed by atoms with Crippen molar-refractivity contribution in [1.29, 1.82) is 0 Å². The van der Waals surface area contributed by atoms with Gasteiger partial charge in [0.05, 0.1) is 12.0 Å². The molecule has 0 spiro atoms. The maximum atomic E-state index is 12.3. The molecule has 0 aliphatic rings. The lowest BCUT2D eigenvalue weighted by atomic mass is 10.2. The monoisotopic (exact) mass is 307 g/mol. The molecule has 2 aromatic rings. The van der Waals surface area contributed by atoms with Gasteiger partial charge in [0.1, 0.15) is 5.75 Å². The van der Waals surface area contributed by atoms with Gasteiger partial charge >= 0.3 is 0 Å². The Kier molecular flexibility index (Phi) is 4.89. The van der Waals surface area contributed by atoms with Crippen LogP contribution in [-0.4, -0.2) is 20.5 Å². The number of nitrogens with one attached hydrogen (secondary N) is 1. The van der Waals surface area contributed by atoms with Crippen LogP contribution in [0.3, 0.4) is 0 Å². The van der Waals surface area contributed by atoms with Crippen LogP contribution in [0.2, 0.25) is 0 Å². The molecule has 7 heteroatoms. The van der Waals surface area contributed by atoms with Crippen molar-refractivity contribution in [2.45, 2.75) is 18.0 Å². The molecule has 0 aliphatic heterocycles. The van der Waals surface area contributed by atoms with Gasteiger partial charge < -0.3 is 10.5 Å². The molecular formula is C14H17N3O3S. The summed E-state index contributed by atoms with van der Waals surface area (Å²) in [5, 5.41) is 0. The third kappa shape index (κ3) is 3.78. The topological polar surface area (TPSA) is 94.3 Å². The minimum atomic E-state index is -3.60. The number of hydrogen-bond acceptors (Lipinski definition) is 5. The molecule has 1 heterocycles. The van der Waals surface area contributed by atoms with Crippen molar-refractivity contribution in [3.05, 3.63) is 53.9 Å². The van der Waals surface area contributed by atoms with E-state index in [1.54, 1.807) is 30.6 Å². The minimum absolute atomic E-state index is 0.165. The number of aromatic nitrogens is 1. The zero-order chi connectivity index (χ0) is 15.3. The Bertz CT molecular complexity index is 703. The number of rotatable bonds is 6. The molecule has 0 radical (unpaired) electrons. The summed E-state index contributed by atoms with van der Waals surface area (Å²) < 4.78 is 32.2. The third-order valence-electron chi connectivity index (χ3n) is 3.00. The Labute approximate surface area is 124 Å². The normalized spacial score (nSPS) is 11.3. The van der Waals surface area contributed by atoms with Gasteiger partial charge in [-0.3, -0.25) is 4.98 Å². The molecule has 1 aromatic heterocycles. The number of sulfonamides is 1. The quantitative estimate of drug-likeness (QED) is 0.831. The number of benzene rings is 1. The fourth-order valence-electron chi connectivity index (χ4n) is 1.84. The van der Waals surface area contributed by atoms with Crippen molar-refractivity contribution in [2.24, 2.45) is 5.73 Å². The van der Waals surface area contributed by atoms with Crippen LogP contribution in [0, 0.1) is 0 Å². The van der Waals surface area contributed by atoms with Crippen LogP contribution in [0.5, 0.6) is 5.75 Å². The van der Waals surface area contributed by atoms with Gasteiger partial charge in [0, 0.05) is 31.0 Å². The van der Waals surface area contributed by atoms with Crippen molar-refractivity contribution in [3.63, 3.8) is 0 Å². The summed E-state index contributed by atoms with van der Waals surface area (Å²) in [6, 6.07) is 8.12. The first-order valence-electron chi connectivity index (χ1n) is 6.32. The van der Waals surface area contributed by atoms with Crippen LogP contribution in [-0.2, 0) is 23.1 Å². The standard InChI is InChI=1S/C14H17N3O3S/c1-20-14-3-2-13(8-12(14)9-15)21(18,19)17-10-11-4-6-16-7-5-11/h2-8,17H,9-10,15H2,1H3. The maximum Gasteiger partial charge on any atom is 0.240 e. The molecule has 1 aromatic carbocycles. The zero-order valence-corrected chi connectivity index (χ0v) is 12.4. The Morgan fingerprint density at radius 1 is 1.24 bits per heavy atom. The van der Waals surface area contributed by atoms with E-state index >= 15 is 0 Å². The highest BCUT2D eigenvalue weighted by Crippen LogP contribution is 2.22. The summed E-state index contributed by atoms with van der Waals surface area (Å²) in [7, 11) is -2.08. The van der Waals surface area contributed by atoms with E-state index in [0.717, 1.165) is 5.56 Å². The van der Waals surface area contributed by atoms with Crippen LogP contribution >= 0.6 is 0 Å². The van der Waals surface area contributed by atoms with Crippen LogP contribution < -0.4 is 15.2 Å². The molecule has 112 valence electrons. The summed E-state index contributed by atoms with van der Waals surface area (Å²) in [5.74, 6) is 0.575. The first-order chi connectivity index (χ1) is 10.1. The Balaban J connectivity index is 2.19. The van der Waals surface area contributed by atoms with E-state index in [9.17, 15) is 8.42 Å². The molecule has 2 rings (SSSR count). The first kappa shape index (κ1) is 15.4. The summed E-state index contributed by atoms with van der Waals surface area (Å²) >= 11 is 0. The Morgan fingerprint density at radius 3 is 2.57 bits per heavy atom. The lowest BCUT2D eigenvalue weighted by Crippen LogP contribution is -2.23. The highest BCUT2D eigenvalue weighted by molar-refractivity contribution is 7.89. The number of nitrogens with two attached hydrogens (primary N) is 1. The molecule has 0 fully saturated rings. The fraction of sp³-hybridized carbons (Fsp3) is 0.214. The second-order valence-electron chi connectivity index (χ2n) is 4.36.